The molecule has 2 rings (SSSR count). The van der Waals surface area contributed by atoms with Crippen LogP contribution in [0.15, 0.2) is 60.8 Å². The minimum absolute atomic E-state index is 0.0271. The number of likely N-dealkylation sites (N-methyl/N-ethyl adjacent to an activating group) is 1. The first-order chi connectivity index (χ1) is 19.9. The number of para-hydroxylation sites is 1. The SMILES string of the molecule is C=C(N[C@@H](C(=O)N[C@@H](CN(C)C)C(=O)NC[C@@H](C)Cc1ccccc1OCCC)C(C)C)[C@H](C)Cc1cccc(F)c1. The van der Waals surface area contributed by atoms with Gasteiger partial charge in [-0.05, 0) is 80.4 Å². The van der Waals surface area contributed by atoms with Crippen molar-refractivity contribution in [3.63, 3.8) is 0 Å². The molecule has 0 aliphatic rings. The molecule has 0 radical (unpaired) electrons. The van der Waals surface area contributed by atoms with E-state index in [4.69, 9.17) is 4.74 Å². The Kier molecular flexibility index (Phi) is 14.5. The quantitative estimate of drug-likeness (QED) is 0.231. The molecule has 42 heavy (non-hydrogen) atoms. The zero-order valence-electron chi connectivity index (χ0n) is 26.5. The number of benzene rings is 2. The largest absolute Gasteiger partial charge is 0.493 e. The van der Waals surface area contributed by atoms with E-state index >= 15 is 0 Å². The van der Waals surface area contributed by atoms with Gasteiger partial charge in [0.05, 0.1) is 6.61 Å². The lowest BCUT2D eigenvalue weighted by molar-refractivity contribution is -0.131. The Labute approximate surface area is 252 Å². The Morgan fingerprint density at radius 3 is 2.33 bits per heavy atom. The second-order valence-corrected chi connectivity index (χ2v) is 12.0. The maximum Gasteiger partial charge on any atom is 0.243 e. The van der Waals surface area contributed by atoms with Crippen LogP contribution in [0.3, 0.4) is 0 Å². The van der Waals surface area contributed by atoms with Crippen molar-refractivity contribution in [1.29, 1.82) is 0 Å². The summed E-state index contributed by atoms with van der Waals surface area (Å²) >= 11 is 0. The van der Waals surface area contributed by atoms with Crippen molar-refractivity contribution in [3.05, 3.63) is 77.8 Å². The molecule has 7 nitrogen and oxygen atoms in total. The first-order valence-corrected chi connectivity index (χ1v) is 15.0. The molecule has 2 amide bonds. The molecule has 8 heteroatoms. The highest BCUT2D eigenvalue weighted by molar-refractivity contribution is 5.90. The van der Waals surface area contributed by atoms with Crippen LogP contribution in [-0.2, 0) is 22.4 Å². The molecule has 0 unspecified atom stereocenters. The van der Waals surface area contributed by atoms with Crippen LogP contribution in [0.25, 0.3) is 0 Å². The molecule has 0 aromatic heterocycles. The van der Waals surface area contributed by atoms with Crippen LogP contribution < -0.4 is 20.7 Å². The molecule has 3 N–H and O–H groups in total. The summed E-state index contributed by atoms with van der Waals surface area (Å²) in [6.07, 6.45) is 2.30. The average molecular weight is 583 g/mol. The molecule has 0 saturated heterocycles. The predicted molar refractivity (Wildman–Crippen MR) is 169 cm³/mol. The highest BCUT2D eigenvalue weighted by Gasteiger charge is 2.29. The number of hydrogen-bond donors (Lipinski definition) is 3. The molecule has 0 aliphatic heterocycles. The monoisotopic (exact) mass is 582 g/mol. The summed E-state index contributed by atoms with van der Waals surface area (Å²) < 4.78 is 19.5. The summed E-state index contributed by atoms with van der Waals surface area (Å²) in [5.41, 5.74) is 2.67. The van der Waals surface area contributed by atoms with Crippen LogP contribution in [-0.4, -0.2) is 62.6 Å². The van der Waals surface area contributed by atoms with Crippen molar-refractivity contribution in [2.24, 2.45) is 17.8 Å². The van der Waals surface area contributed by atoms with Gasteiger partial charge in [-0.1, -0.05) is 71.5 Å². The highest BCUT2D eigenvalue weighted by Crippen LogP contribution is 2.21. The Bertz CT molecular complexity index is 1150. The van der Waals surface area contributed by atoms with Crippen LogP contribution in [0.2, 0.25) is 0 Å². The Hall–Kier alpha value is -3.39. The van der Waals surface area contributed by atoms with Gasteiger partial charge in [0.2, 0.25) is 11.8 Å². The number of nitrogens with one attached hydrogen (secondary N) is 3. The van der Waals surface area contributed by atoms with Gasteiger partial charge in [0.25, 0.3) is 0 Å². The molecule has 4 atom stereocenters. The Balaban J connectivity index is 2.00. The average Bonchev–Trinajstić information content (AvgIpc) is 2.93. The van der Waals surface area contributed by atoms with Gasteiger partial charge < -0.3 is 25.6 Å². The fraction of sp³-hybridized carbons (Fsp3) is 0.529. The van der Waals surface area contributed by atoms with Gasteiger partial charge in [-0.2, -0.15) is 0 Å². The van der Waals surface area contributed by atoms with E-state index in [0.29, 0.717) is 31.8 Å². The summed E-state index contributed by atoms with van der Waals surface area (Å²) in [6.45, 7) is 15.7. The van der Waals surface area contributed by atoms with E-state index < -0.39 is 12.1 Å². The standard InChI is InChI=1S/C34H51FN4O3/c1-9-17-42-31-16-11-10-14-28(31)18-24(4)21-36-33(40)30(22-39(7)8)38-34(41)32(23(2)3)37-26(6)25(5)19-27-13-12-15-29(35)20-27/h10-16,20,23-25,30,32,37H,6,9,17-19,21-22H2,1-5,7-8H3,(H,36,40)(H,38,41)/t24-,25+,30-,32+/m0/s1. The maximum absolute atomic E-state index is 13.6. The van der Waals surface area contributed by atoms with Crippen molar-refractivity contribution in [3.8, 4) is 5.75 Å². The van der Waals surface area contributed by atoms with Crippen molar-refractivity contribution in [2.75, 3.05) is 33.8 Å². The summed E-state index contributed by atoms with van der Waals surface area (Å²) in [5.74, 6) is 0.213. The number of amides is 2. The summed E-state index contributed by atoms with van der Waals surface area (Å²) in [6, 6.07) is 13.2. The topological polar surface area (TPSA) is 82.7 Å². The Morgan fingerprint density at radius 1 is 0.976 bits per heavy atom. The third-order valence-corrected chi connectivity index (χ3v) is 7.12. The van der Waals surface area contributed by atoms with E-state index in [9.17, 15) is 14.0 Å². The Morgan fingerprint density at radius 2 is 1.69 bits per heavy atom. The number of hydrogen-bond acceptors (Lipinski definition) is 5. The third kappa shape index (κ3) is 11.8. The normalized spacial score (nSPS) is 14.1. The van der Waals surface area contributed by atoms with E-state index in [0.717, 1.165) is 29.7 Å². The van der Waals surface area contributed by atoms with Crippen LogP contribution in [0.5, 0.6) is 5.75 Å². The van der Waals surface area contributed by atoms with E-state index in [2.05, 4.69) is 42.4 Å². The number of allylic oxidation sites excluding steroid dienone is 1. The van der Waals surface area contributed by atoms with Crippen molar-refractivity contribution < 1.29 is 18.7 Å². The number of carbonyl (C=O) groups excluding carboxylic acids is 2. The summed E-state index contributed by atoms with van der Waals surface area (Å²) in [4.78, 5) is 28.6. The number of halogens is 1. The maximum atomic E-state index is 13.6. The number of carbonyl (C=O) groups is 2. The minimum atomic E-state index is -0.721. The third-order valence-electron chi connectivity index (χ3n) is 7.12. The van der Waals surface area contributed by atoms with Crippen LogP contribution in [0.1, 0.15) is 52.2 Å². The predicted octanol–water partition coefficient (Wildman–Crippen LogP) is 4.96. The molecular formula is C34H51FN4O3. The van der Waals surface area contributed by atoms with E-state index in [1.165, 1.54) is 12.1 Å². The van der Waals surface area contributed by atoms with Crippen molar-refractivity contribution >= 4 is 11.8 Å². The van der Waals surface area contributed by atoms with Crippen molar-refractivity contribution in [1.82, 2.24) is 20.9 Å². The number of rotatable bonds is 18. The number of ether oxygens (including phenoxy) is 1. The van der Waals surface area contributed by atoms with Gasteiger partial charge in [-0.15, -0.1) is 0 Å². The van der Waals surface area contributed by atoms with Gasteiger partial charge in [-0.3, -0.25) is 9.59 Å². The van der Waals surface area contributed by atoms with Gasteiger partial charge in [-0.25, -0.2) is 4.39 Å². The summed E-state index contributed by atoms with van der Waals surface area (Å²) in [5, 5.41) is 9.30. The highest BCUT2D eigenvalue weighted by atomic mass is 19.1. The first kappa shape index (κ1) is 34.8. The molecule has 0 spiro atoms. The second kappa shape index (κ2) is 17.5. The van der Waals surface area contributed by atoms with E-state index in [1.807, 2.05) is 64.0 Å². The fourth-order valence-corrected chi connectivity index (χ4v) is 4.71. The fourth-order valence-electron chi connectivity index (χ4n) is 4.71. The van der Waals surface area contributed by atoms with Gasteiger partial charge in [0.1, 0.15) is 23.7 Å². The molecule has 2 aromatic carbocycles. The van der Waals surface area contributed by atoms with Crippen LogP contribution in [0, 0.1) is 23.6 Å². The zero-order valence-corrected chi connectivity index (χ0v) is 26.5. The van der Waals surface area contributed by atoms with Gasteiger partial charge in [0, 0.05) is 18.8 Å². The lowest BCUT2D eigenvalue weighted by atomic mass is 9.96. The van der Waals surface area contributed by atoms with Crippen LogP contribution >= 0.6 is 0 Å². The van der Waals surface area contributed by atoms with Gasteiger partial charge in [0.15, 0.2) is 0 Å². The molecule has 0 aliphatic carbocycles. The zero-order chi connectivity index (χ0) is 31.2. The van der Waals surface area contributed by atoms with E-state index in [-0.39, 0.29) is 35.4 Å². The van der Waals surface area contributed by atoms with Crippen LogP contribution in [0.4, 0.5) is 4.39 Å². The first-order valence-electron chi connectivity index (χ1n) is 15.0. The van der Waals surface area contributed by atoms with Gasteiger partial charge >= 0.3 is 0 Å². The van der Waals surface area contributed by atoms with Crippen molar-refractivity contribution in [2.45, 2.75) is 66.0 Å². The second-order valence-electron chi connectivity index (χ2n) is 12.0. The van der Waals surface area contributed by atoms with E-state index in [1.54, 1.807) is 6.07 Å². The lowest BCUT2D eigenvalue weighted by Crippen LogP contribution is -2.57. The lowest BCUT2D eigenvalue weighted by Gasteiger charge is -2.29. The molecule has 0 heterocycles. The molecule has 232 valence electrons. The molecule has 2 aromatic rings. The molecule has 0 fully saturated rings. The smallest absolute Gasteiger partial charge is 0.243 e. The number of nitrogens with zero attached hydrogens (tertiary/aromatic N) is 1. The molecular weight excluding hydrogens is 531 g/mol. The molecule has 0 bridgehead atoms. The minimum Gasteiger partial charge on any atom is -0.493 e. The molecule has 0 saturated carbocycles. The summed E-state index contributed by atoms with van der Waals surface area (Å²) in [7, 11) is 3.74.